The van der Waals surface area contributed by atoms with E-state index < -0.39 is 10.8 Å². The molecule has 2 aromatic carbocycles. The van der Waals surface area contributed by atoms with Gasteiger partial charge in [0.25, 0.3) is 5.69 Å². The molecule has 156 valence electrons. The summed E-state index contributed by atoms with van der Waals surface area (Å²) >= 11 is 1.02. The highest BCUT2D eigenvalue weighted by Gasteiger charge is 2.20. The molecule has 30 heavy (non-hydrogen) atoms. The van der Waals surface area contributed by atoms with Crippen molar-refractivity contribution in [1.29, 1.82) is 0 Å². The quantitative estimate of drug-likeness (QED) is 0.344. The van der Waals surface area contributed by atoms with Crippen LogP contribution in [0.25, 0.3) is 11.1 Å². The number of fused-ring (bicyclic) bond motifs is 1. The number of oxazole rings is 1. The number of primary amides is 1. The molecule has 1 heterocycles. The topological polar surface area (TPSA) is 133 Å². The van der Waals surface area contributed by atoms with Gasteiger partial charge in [-0.3, -0.25) is 19.7 Å². The molecule has 9 nitrogen and oxygen atoms in total. The van der Waals surface area contributed by atoms with Crippen LogP contribution >= 0.6 is 11.8 Å². The summed E-state index contributed by atoms with van der Waals surface area (Å²) in [6, 6.07) is 9.21. The number of hydrogen-bond donors (Lipinski definition) is 1. The first-order valence-corrected chi connectivity index (χ1v) is 10.0. The van der Waals surface area contributed by atoms with E-state index in [1.807, 2.05) is 13.8 Å². The van der Waals surface area contributed by atoms with Crippen molar-refractivity contribution in [3.63, 3.8) is 0 Å². The predicted molar refractivity (Wildman–Crippen MR) is 114 cm³/mol. The van der Waals surface area contributed by atoms with E-state index in [0.717, 1.165) is 17.8 Å². The van der Waals surface area contributed by atoms with Gasteiger partial charge >= 0.3 is 0 Å². The van der Waals surface area contributed by atoms with Crippen LogP contribution in [0, 0.1) is 10.1 Å². The van der Waals surface area contributed by atoms with Crippen molar-refractivity contribution < 1.29 is 18.9 Å². The van der Waals surface area contributed by atoms with Gasteiger partial charge in [-0.2, -0.15) is 0 Å². The number of nitrogens with zero attached hydrogens (tertiary/aromatic N) is 3. The zero-order valence-corrected chi connectivity index (χ0v) is 17.4. The smallest absolute Gasteiger partial charge is 0.283 e. The SMILES string of the molecule is CC(C)c1nc2cc(N(C)C(=O)CSc3ccc(C(N)=O)cc3[N+](=O)[O-])ccc2o1. The highest BCUT2D eigenvalue weighted by atomic mass is 32.2. The van der Waals surface area contributed by atoms with Crippen molar-refractivity contribution in [2.24, 2.45) is 5.73 Å². The molecule has 0 saturated heterocycles. The molecule has 0 unspecified atom stereocenters. The average molecular weight is 428 g/mol. The third-order valence-electron chi connectivity index (χ3n) is 4.43. The van der Waals surface area contributed by atoms with Crippen molar-refractivity contribution in [3.05, 3.63) is 58.0 Å². The van der Waals surface area contributed by atoms with Gasteiger partial charge in [0.15, 0.2) is 11.5 Å². The summed E-state index contributed by atoms with van der Waals surface area (Å²) in [5, 5.41) is 11.3. The molecule has 0 spiro atoms. The first-order chi connectivity index (χ1) is 14.2. The molecule has 0 aliphatic heterocycles. The Morgan fingerprint density at radius 2 is 2.00 bits per heavy atom. The number of anilines is 1. The number of hydrogen-bond acceptors (Lipinski definition) is 7. The third kappa shape index (κ3) is 4.43. The molecule has 3 rings (SSSR count). The highest BCUT2D eigenvalue weighted by molar-refractivity contribution is 8.00. The maximum absolute atomic E-state index is 12.6. The van der Waals surface area contributed by atoms with Gasteiger partial charge in [-0.05, 0) is 30.3 Å². The third-order valence-corrected chi connectivity index (χ3v) is 5.48. The van der Waals surface area contributed by atoms with E-state index in [0.29, 0.717) is 22.7 Å². The van der Waals surface area contributed by atoms with Crippen molar-refractivity contribution in [3.8, 4) is 0 Å². The van der Waals surface area contributed by atoms with Gasteiger partial charge in [0.2, 0.25) is 11.8 Å². The number of carbonyl (C=O) groups is 2. The van der Waals surface area contributed by atoms with E-state index in [-0.39, 0.29) is 33.7 Å². The van der Waals surface area contributed by atoms with Crippen LogP contribution in [0.15, 0.2) is 45.7 Å². The highest BCUT2D eigenvalue weighted by Crippen LogP contribution is 2.31. The maximum atomic E-state index is 12.6. The second-order valence-electron chi connectivity index (χ2n) is 6.90. The normalized spacial score (nSPS) is 11.1. The molecule has 0 saturated carbocycles. The summed E-state index contributed by atoms with van der Waals surface area (Å²) in [6.45, 7) is 3.96. The Kier molecular flexibility index (Phi) is 6.06. The van der Waals surface area contributed by atoms with Crippen LogP contribution in [0.2, 0.25) is 0 Å². The van der Waals surface area contributed by atoms with Crippen LogP contribution in [-0.2, 0) is 4.79 Å². The summed E-state index contributed by atoms with van der Waals surface area (Å²) < 4.78 is 5.68. The van der Waals surface area contributed by atoms with E-state index >= 15 is 0 Å². The van der Waals surface area contributed by atoms with Gasteiger partial charge in [-0.15, -0.1) is 11.8 Å². The largest absolute Gasteiger partial charge is 0.440 e. The summed E-state index contributed by atoms with van der Waals surface area (Å²) in [6.07, 6.45) is 0. The fourth-order valence-corrected chi connectivity index (χ4v) is 3.62. The minimum Gasteiger partial charge on any atom is -0.440 e. The molecule has 1 aromatic heterocycles. The molecule has 0 radical (unpaired) electrons. The molecule has 0 bridgehead atoms. The monoisotopic (exact) mass is 428 g/mol. The fraction of sp³-hybridized carbons (Fsp3) is 0.250. The predicted octanol–water partition coefficient (Wildman–Crippen LogP) is 3.71. The number of thioether (sulfide) groups is 1. The molecule has 10 heteroatoms. The van der Waals surface area contributed by atoms with Crippen LogP contribution in [0.1, 0.15) is 36.0 Å². The number of nitro groups is 1. The molecular weight excluding hydrogens is 408 g/mol. The summed E-state index contributed by atoms with van der Waals surface area (Å²) in [7, 11) is 1.62. The van der Waals surface area contributed by atoms with Gasteiger partial charge in [-0.25, -0.2) is 4.98 Å². The number of aromatic nitrogens is 1. The molecular formula is C20H20N4O5S. The summed E-state index contributed by atoms with van der Waals surface area (Å²) in [5.74, 6) is -0.261. The molecule has 0 aliphatic rings. The lowest BCUT2D eigenvalue weighted by atomic mass is 10.2. The Labute approximate surface area is 176 Å². The maximum Gasteiger partial charge on any atom is 0.283 e. The zero-order valence-electron chi connectivity index (χ0n) is 16.6. The Balaban J connectivity index is 1.75. The van der Waals surface area contributed by atoms with Gasteiger partial charge < -0.3 is 15.1 Å². The summed E-state index contributed by atoms with van der Waals surface area (Å²) in [4.78, 5) is 40.8. The second kappa shape index (κ2) is 8.54. The van der Waals surface area contributed by atoms with Crippen LogP contribution in [0.5, 0.6) is 0 Å². The van der Waals surface area contributed by atoms with Crippen LogP contribution in [-0.4, -0.2) is 34.5 Å². The van der Waals surface area contributed by atoms with Crippen LogP contribution in [0.3, 0.4) is 0 Å². The minimum absolute atomic E-state index is 0.0264. The number of rotatable bonds is 7. The lowest BCUT2D eigenvalue weighted by Crippen LogP contribution is -2.27. The molecule has 0 aliphatic carbocycles. The molecule has 0 fully saturated rings. The Hall–Kier alpha value is -3.40. The first-order valence-electron chi connectivity index (χ1n) is 9.05. The van der Waals surface area contributed by atoms with Gasteiger partial charge in [0.05, 0.1) is 15.6 Å². The van der Waals surface area contributed by atoms with E-state index in [1.54, 1.807) is 25.2 Å². The molecule has 0 atom stereocenters. The van der Waals surface area contributed by atoms with E-state index in [1.165, 1.54) is 17.0 Å². The van der Waals surface area contributed by atoms with Crippen molar-refractivity contribution in [1.82, 2.24) is 4.98 Å². The Bertz CT molecular complexity index is 1140. The standard InChI is InChI=1S/C20H20N4O5S/c1-11(2)20-22-14-9-13(5-6-16(14)29-20)23(3)18(25)10-30-17-7-4-12(19(21)26)8-15(17)24(27)28/h4-9,11H,10H2,1-3H3,(H2,21,26). The minimum atomic E-state index is -0.755. The van der Waals surface area contributed by atoms with E-state index in [2.05, 4.69) is 4.98 Å². The van der Waals surface area contributed by atoms with Crippen molar-refractivity contribution in [2.75, 3.05) is 17.7 Å². The lowest BCUT2D eigenvalue weighted by Gasteiger charge is -2.17. The average Bonchev–Trinajstić information content (AvgIpc) is 3.14. The first kappa shape index (κ1) is 21.3. The number of amides is 2. The van der Waals surface area contributed by atoms with Gasteiger partial charge in [-0.1, -0.05) is 13.8 Å². The lowest BCUT2D eigenvalue weighted by molar-refractivity contribution is -0.387. The van der Waals surface area contributed by atoms with E-state index in [9.17, 15) is 19.7 Å². The fourth-order valence-electron chi connectivity index (χ4n) is 2.70. The molecule has 3 aromatic rings. The second-order valence-corrected chi connectivity index (χ2v) is 7.92. The van der Waals surface area contributed by atoms with Gasteiger partial charge in [0, 0.05) is 30.3 Å². The molecule has 2 amide bonds. The number of carbonyl (C=O) groups excluding carboxylic acids is 2. The van der Waals surface area contributed by atoms with Gasteiger partial charge in [0.1, 0.15) is 5.52 Å². The van der Waals surface area contributed by atoms with E-state index in [4.69, 9.17) is 10.2 Å². The molecule has 2 N–H and O–H groups in total. The Morgan fingerprint density at radius 3 is 2.63 bits per heavy atom. The summed E-state index contributed by atoms with van der Waals surface area (Å²) in [5.41, 5.74) is 6.88. The number of benzene rings is 2. The van der Waals surface area contributed by atoms with Crippen LogP contribution in [0.4, 0.5) is 11.4 Å². The number of nitro benzene ring substituents is 1. The Morgan fingerprint density at radius 1 is 1.27 bits per heavy atom. The number of nitrogens with two attached hydrogens (primary N) is 1. The van der Waals surface area contributed by atoms with Crippen molar-refractivity contribution in [2.45, 2.75) is 24.7 Å². The van der Waals surface area contributed by atoms with Crippen molar-refractivity contribution >= 4 is 46.1 Å². The van der Waals surface area contributed by atoms with Crippen LogP contribution < -0.4 is 10.6 Å². The zero-order chi connectivity index (χ0) is 22.0.